The summed E-state index contributed by atoms with van der Waals surface area (Å²) in [5.41, 5.74) is -0.0948. The first-order valence-corrected chi connectivity index (χ1v) is 13.7. The number of carbonyl (C=O) groups is 1. The Kier molecular flexibility index (Phi) is 12.0. The van der Waals surface area contributed by atoms with Crippen LogP contribution >= 0.6 is 0 Å². The van der Waals surface area contributed by atoms with Gasteiger partial charge in [0.15, 0.2) is 12.4 Å². The van der Waals surface area contributed by atoms with Gasteiger partial charge in [0.1, 0.15) is 48.8 Å². The van der Waals surface area contributed by atoms with E-state index < -0.39 is 98.0 Å². The summed E-state index contributed by atoms with van der Waals surface area (Å²) in [7, 11) is 0. The molecule has 0 amide bonds. The maximum atomic E-state index is 13.5. The number of hydrogen-bond donors (Lipinski definition) is 8. The molecule has 0 aromatic rings. The van der Waals surface area contributed by atoms with Crippen LogP contribution in [0.1, 0.15) is 46.5 Å². The molecule has 1 saturated carbocycles. The second-order valence-electron chi connectivity index (χ2n) is 11.6. The molecule has 15 heteroatoms. The van der Waals surface area contributed by atoms with Crippen molar-refractivity contribution >= 4 is 5.97 Å². The van der Waals surface area contributed by atoms with Gasteiger partial charge >= 0.3 is 5.97 Å². The van der Waals surface area contributed by atoms with Crippen molar-refractivity contribution in [2.75, 3.05) is 13.2 Å². The van der Waals surface area contributed by atoms with Crippen molar-refractivity contribution in [3.8, 4) is 0 Å². The molecule has 12 unspecified atom stereocenters. The molecule has 1 aliphatic carbocycles. The van der Waals surface area contributed by atoms with E-state index in [1.807, 2.05) is 13.8 Å². The van der Waals surface area contributed by atoms with Gasteiger partial charge in [0, 0.05) is 5.41 Å². The molecule has 0 aromatic carbocycles. The van der Waals surface area contributed by atoms with Crippen LogP contribution in [-0.2, 0) is 33.7 Å². The fraction of sp³-hybridized carbons (Fsp3) is 0.885. The zero-order chi connectivity index (χ0) is 30.6. The maximum absolute atomic E-state index is 13.5. The Labute approximate surface area is 237 Å². The molecular weight excluding hydrogens is 552 g/mol. The van der Waals surface area contributed by atoms with Gasteiger partial charge in [-0.2, -0.15) is 4.89 Å². The normalized spacial score (nSPS) is 42.7. The topological polar surface area (TPSA) is 234 Å². The quantitative estimate of drug-likeness (QED) is 0.0645. The van der Waals surface area contributed by atoms with Crippen LogP contribution in [0.2, 0.25) is 0 Å². The van der Waals surface area contributed by atoms with Crippen LogP contribution in [0.4, 0.5) is 0 Å². The highest BCUT2D eigenvalue weighted by Gasteiger charge is 2.53. The zero-order valence-electron chi connectivity index (χ0n) is 23.4. The number of ether oxygens (including phenoxy) is 4. The summed E-state index contributed by atoms with van der Waals surface area (Å²) in [4.78, 5) is 18.7. The van der Waals surface area contributed by atoms with Gasteiger partial charge in [-0.3, -0.25) is 4.79 Å². The summed E-state index contributed by atoms with van der Waals surface area (Å²) in [5.74, 6) is -1.98. The van der Waals surface area contributed by atoms with Crippen LogP contribution in [0, 0.1) is 17.3 Å². The third-order valence-electron chi connectivity index (χ3n) is 8.58. The minimum atomic E-state index is -1.85. The third kappa shape index (κ3) is 7.26. The van der Waals surface area contributed by atoms with Gasteiger partial charge in [-0.15, -0.1) is 0 Å². The van der Waals surface area contributed by atoms with Crippen LogP contribution in [0.5, 0.6) is 0 Å². The number of hydrogen-bond acceptors (Lipinski definition) is 15. The Morgan fingerprint density at radius 2 is 1.54 bits per heavy atom. The van der Waals surface area contributed by atoms with Crippen molar-refractivity contribution < 1.29 is 74.7 Å². The molecule has 13 atom stereocenters. The lowest BCUT2D eigenvalue weighted by molar-refractivity contribution is -0.511. The predicted octanol–water partition coefficient (Wildman–Crippen LogP) is -1.65. The van der Waals surface area contributed by atoms with E-state index in [2.05, 4.69) is 11.6 Å². The third-order valence-corrected chi connectivity index (χ3v) is 8.58. The Morgan fingerprint density at radius 1 is 0.951 bits per heavy atom. The summed E-state index contributed by atoms with van der Waals surface area (Å²) >= 11 is 0. The number of carbonyl (C=O) groups excluding carboxylic acids is 1. The van der Waals surface area contributed by atoms with Crippen molar-refractivity contribution in [1.82, 2.24) is 0 Å². The highest BCUT2D eigenvalue weighted by atomic mass is 17.5. The van der Waals surface area contributed by atoms with Crippen molar-refractivity contribution in [2.45, 2.75) is 114 Å². The smallest absolute Gasteiger partial charge is 0.311 e. The van der Waals surface area contributed by atoms with E-state index in [0.717, 1.165) is 12.8 Å². The Balaban J connectivity index is 1.84. The van der Waals surface area contributed by atoms with Gasteiger partial charge in [-0.25, -0.2) is 5.26 Å². The average Bonchev–Trinajstić information content (AvgIpc) is 2.93. The molecule has 2 saturated heterocycles. The van der Waals surface area contributed by atoms with Crippen LogP contribution in [0.15, 0.2) is 12.2 Å². The maximum Gasteiger partial charge on any atom is 0.311 e. The summed E-state index contributed by atoms with van der Waals surface area (Å²) in [6.45, 7) is 7.86. The first kappa shape index (κ1) is 34.2. The number of esters is 1. The zero-order valence-corrected chi connectivity index (χ0v) is 23.4. The van der Waals surface area contributed by atoms with Crippen molar-refractivity contribution in [3.63, 3.8) is 0 Å². The lowest BCUT2D eigenvalue weighted by Gasteiger charge is -2.46. The van der Waals surface area contributed by atoms with Gasteiger partial charge < -0.3 is 54.7 Å². The van der Waals surface area contributed by atoms with E-state index in [-0.39, 0.29) is 5.92 Å². The van der Waals surface area contributed by atoms with Crippen molar-refractivity contribution in [1.29, 1.82) is 0 Å². The van der Waals surface area contributed by atoms with Gasteiger partial charge in [0.2, 0.25) is 6.29 Å². The molecule has 0 bridgehead atoms. The van der Waals surface area contributed by atoms with Crippen LogP contribution in [-0.4, -0.2) is 128 Å². The average molecular weight is 597 g/mol. The molecule has 238 valence electrons. The molecule has 15 nitrogen and oxygen atoms in total. The molecule has 41 heavy (non-hydrogen) atoms. The summed E-state index contributed by atoms with van der Waals surface area (Å²) < 4.78 is 22.2. The number of aliphatic hydroxyl groups is 7. The van der Waals surface area contributed by atoms with E-state index in [0.29, 0.717) is 18.4 Å². The monoisotopic (exact) mass is 596 g/mol. The molecule has 0 spiro atoms. The van der Waals surface area contributed by atoms with Gasteiger partial charge in [-0.05, 0) is 30.8 Å². The fourth-order valence-corrected chi connectivity index (χ4v) is 6.09. The molecule has 3 fully saturated rings. The number of aliphatic hydroxyl groups excluding tert-OH is 7. The van der Waals surface area contributed by atoms with Crippen molar-refractivity contribution in [2.24, 2.45) is 17.3 Å². The highest BCUT2D eigenvalue weighted by Crippen LogP contribution is 2.46. The summed E-state index contributed by atoms with van der Waals surface area (Å²) in [6, 6.07) is 0. The van der Waals surface area contributed by atoms with E-state index in [1.54, 1.807) is 6.92 Å². The van der Waals surface area contributed by atoms with Crippen LogP contribution in [0.3, 0.4) is 0 Å². The van der Waals surface area contributed by atoms with Crippen LogP contribution in [0.25, 0.3) is 0 Å². The standard InChI is InChI=1S/C26H44O15/c1-11-7-5-6-8-13(26(3,4)22(11)40-41-35)12(2)23(34)39-25-21(19(32)17(30)15(10-28)37-25)38-24-20(33)18(31)16(29)14(9-27)36-24/h12-22,24-25,27-33,35H,1,5-10H2,2-4H3/t12?,13?,14?,15?,16?,17?,18?,19?,20?,21?,22-,24?,25?/m1/s1. The molecule has 2 aliphatic heterocycles. The highest BCUT2D eigenvalue weighted by molar-refractivity contribution is 5.72. The van der Waals surface area contributed by atoms with Crippen LogP contribution < -0.4 is 0 Å². The molecule has 3 aliphatic rings. The fourth-order valence-electron chi connectivity index (χ4n) is 6.09. The lowest BCUT2D eigenvalue weighted by Crippen LogP contribution is -2.65. The first-order valence-electron chi connectivity index (χ1n) is 13.7. The minimum absolute atomic E-state index is 0.384. The first-order chi connectivity index (χ1) is 19.3. The Hall–Kier alpha value is -1.31. The van der Waals surface area contributed by atoms with Gasteiger partial charge in [-0.1, -0.05) is 38.8 Å². The largest absolute Gasteiger partial charge is 0.432 e. The molecule has 3 rings (SSSR count). The lowest BCUT2D eigenvalue weighted by atomic mass is 9.64. The molecule has 2 heterocycles. The molecule has 0 aromatic heterocycles. The van der Waals surface area contributed by atoms with E-state index >= 15 is 0 Å². The molecule has 8 N–H and O–H groups in total. The summed E-state index contributed by atoms with van der Waals surface area (Å²) in [6.07, 6.45) is -14.7. The molecular formula is C26H44O15. The second kappa shape index (κ2) is 14.4. The Morgan fingerprint density at radius 3 is 2.12 bits per heavy atom. The Bertz CT molecular complexity index is 868. The van der Waals surface area contributed by atoms with E-state index in [1.165, 1.54) is 0 Å². The van der Waals surface area contributed by atoms with Gasteiger partial charge in [0.05, 0.1) is 19.1 Å². The van der Waals surface area contributed by atoms with Crippen molar-refractivity contribution in [3.05, 3.63) is 12.2 Å². The predicted molar refractivity (Wildman–Crippen MR) is 135 cm³/mol. The second-order valence-corrected chi connectivity index (χ2v) is 11.6. The van der Waals surface area contributed by atoms with E-state index in [4.69, 9.17) is 29.1 Å². The van der Waals surface area contributed by atoms with Gasteiger partial charge in [0.25, 0.3) is 0 Å². The van der Waals surface area contributed by atoms with E-state index in [9.17, 15) is 40.5 Å². The number of rotatable bonds is 9. The SMILES string of the molecule is C=C1CCCCC(C(C)C(=O)OC2OC(CO)C(O)C(O)C2OC2OC(CO)C(O)C(O)C2O)C(C)(C)[C@@H]1OOO. The molecule has 0 radical (unpaired) electrons. The minimum Gasteiger partial charge on any atom is -0.432 e. The summed E-state index contributed by atoms with van der Waals surface area (Å²) in [5, 5.41) is 84.0.